The van der Waals surface area contributed by atoms with Crippen LogP contribution in [0.15, 0.2) is 48.5 Å². The Labute approximate surface area is 351 Å². The first-order valence-corrected chi connectivity index (χ1v) is 21.9. The molecule has 2 radical (unpaired) electrons. The third-order valence-electron chi connectivity index (χ3n) is 9.76. The number of unbranched alkanes of at least 4 members (excludes halogenated alkanes) is 3. The smallest absolute Gasteiger partial charge is 0.330 e. The number of hydrogen-bond donors (Lipinski definition) is 4. The molecular weight excluding hydrogens is 774 g/mol. The number of nitrogens with zero attached hydrogens (tertiary/aromatic N) is 4. The molecule has 1 saturated heterocycles. The summed E-state index contributed by atoms with van der Waals surface area (Å²) in [5, 5.41) is 24.4. The molecular formula is C42H62BN6O9P. The molecule has 1 aromatic heterocycles. The number of ether oxygens (including phenoxy) is 2. The minimum Gasteiger partial charge on any atom is -0.480 e. The average Bonchev–Trinajstić information content (AvgIpc) is 3.78. The molecule has 4 N–H and O–H groups in total. The fourth-order valence-corrected chi connectivity index (χ4v) is 7.73. The van der Waals surface area contributed by atoms with Crippen molar-refractivity contribution in [2.75, 3.05) is 24.7 Å². The van der Waals surface area contributed by atoms with E-state index in [1.54, 1.807) is 4.90 Å². The van der Waals surface area contributed by atoms with Crippen LogP contribution in [0.1, 0.15) is 98.0 Å². The van der Waals surface area contributed by atoms with Gasteiger partial charge in [0.25, 0.3) is 0 Å². The number of amides is 2. The van der Waals surface area contributed by atoms with Gasteiger partial charge in [0.15, 0.2) is 0 Å². The highest BCUT2D eigenvalue weighted by Gasteiger charge is 2.36. The van der Waals surface area contributed by atoms with E-state index in [9.17, 15) is 24.4 Å². The minimum atomic E-state index is -1.95. The quantitative estimate of drug-likeness (QED) is 0.0372. The Morgan fingerprint density at radius 2 is 1.78 bits per heavy atom. The van der Waals surface area contributed by atoms with Gasteiger partial charge in [-0.05, 0) is 64.0 Å². The minimum absolute atomic E-state index is 0.0895. The van der Waals surface area contributed by atoms with E-state index in [1.165, 1.54) is 0 Å². The zero-order valence-corrected chi connectivity index (χ0v) is 36.0. The van der Waals surface area contributed by atoms with Gasteiger partial charge in [-0.2, -0.15) is 0 Å². The van der Waals surface area contributed by atoms with Crippen molar-refractivity contribution >= 4 is 40.4 Å². The molecule has 2 aromatic carbocycles. The maximum atomic E-state index is 11.9. The second-order valence-corrected chi connectivity index (χ2v) is 16.3. The Balaban J connectivity index is 0.000000265. The maximum Gasteiger partial charge on any atom is 0.330 e. The van der Waals surface area contributed by atoms with Gasteiger partial charge in [0.2, 0.25) is 12.3 Å². The lowest BCUT2D eigenvalue weighted by Gasteiger charge is -2.25. The van der Waals surface area contributed by atoms with E-state index in [4.69, 9.17) is 26.4 Å². The van der Waals surface area contributed by atoms with E-state index in [0.717, 1.165) is 78.8 Å². The Morgan fingerprint density at radius 3 is 2.49 bits per heavy atom. The van der Waals surface area contributed by atoms with Crippen molar-refractivity contribution in [3.05, 3.63) is 54.1 Å². The Hall–Kier alpha value is -3.76. The van der Waals surface area contributed by atoms with E-state index >= 15 is 0 Å². The van der Waals surface area contributed by atoms with Crippen LogP contribution >= 0.6 is 8.60 Å². The number of fused-ring (bicyclic) bond motifs is 5. The van der Waals surface area contributed by atoms with Crippen LogP contribution in [0, 0.1) is 0 Å². The lowest BCUT2D eigenvalue weighted by atomic mass is 9.96. The van der Waals surface area contributed by atoms with Gasteiger partial charge in [-0.1, -0.05) is 81.3 Å². The first-order valence-electron chi connectivity index (χ1n) is 20.8. The Morgan fingerprint density at radius 1 is 1.05 bits per heavy atom. The third-order valence-corrected chi connectivity index (χ3v) is 10.6. The van der Waals surface area contributed by atoms with Crippen LogP contribution in [0.2, 0.25) is 0 Å². The number of carbonyl (C=O) groups excluding carboxylic acids is 2. The number of aliphatic carboxylic acids is 1. The maximum absolute atomic E-state index is 11.9. The third kappa shape index (κ3) is 15.3. The summed E-state index contributed by atoms with van der Waals surface area (Å²) in [6.07, 6.45) is 7.23. The molecule has 2 aliphatic heterocycles. The SMILES string of the molecule is CC(C)NC(CCCn1nnc2c1-c1ccccc1CN(C=O)c1ccccc1-2)C(=O)O.[B]C1CC(OP(O)OCCCCCCNC(=O)CCC)C(COC(C)C)O1. The summed E-state index contributed by atoms with van der Waals surface area (Å²) in [6.45, 7) is 12.3. The largest absolute Gasteiger partial charge is 0.480 e. The summed E-state index contributed by atoms with van der Waals surface area (Å²) < 4.78 is 24.0. The van der Waals surface area contributed by atoms with Gasteiger partial charge >= 0.3 is 14.6 Å². The number of nitrogens with one attached hydrogen (secondary N) is 2. The molecule has 0 bridgehead atoms. The van der Waals surface area contributed by atoms with Crippen molar-refractivity contribution in [2.45, 2.75) is 142 Å². The molecule has 1 fully saturated rings. The van der Waals surface area contributed by atoms with Crippen LogP contribution in [0.3, 0.4) is 0 Å². The molecule has 0 aliphatic carbocycles. The molecule has 2 aliphatic rings. The van der Waals surface area contributed by atoms with E-state index in [1.807, 2.05) is 87.8 Å². The van der Waals surface area contributed by atoms with Crippen molar-refractivity contribution in [3.63, 3.8) is 0 Å². The molecule has 3 aromatic rings. The summed E-state index contributed by atoms with van der Waals surface area (Å²) in [4.78, 5) is 46.4. The topological polar surface area (TPSA) is 187 Å². The predicted octanol–water partition coefficient (Wildman–Crippen LogP) is 6.11. The van der Waals surface area contributed by atoms with Crippen LogP contribution in [-0.2, 0) is 46.0 Å². The van der Waals surface area contributed by atoms with Crippen molar-refractivity contribution in [1.82, 2.24) is 25.6 Å². The fourth-order valence-electron chi connectivity index (χ4n) is 6.93. The van der Waals surface area contributed by atoms with Gasteiger partial charge in [-0.15, -0.1) is 5.10 Å². The number of anilines is 1. The van der Waals surface area contributed by atoms with Crippen molar-refractivity contribution in [3.8, 4) is 22.5 Å². The van der Waals surface area contributed by atoms with E-state index < -0.39 is 26.6 Å². The zero-order valence-electron chi connectivity index (χ0n) is 35.1. The van der Waals surface area contributed by atoms with Crippen LogP contribution in [0.4, 0.5) is 5.69 Å². The summed E-state index contributed by atoms with van der Waals surface area (Å²) in [7, 11) is 3.86. The molecule has 59 heavy (non-hydrogen) atoms. The number of carboxylic acid groups (broad SMARTS) is 1. The number of benzene rings is 2. The molecule has 3 heterocycles. The summed E-state index contributed by atoms with van der Waals surface area (Å²) in [5.74, 6) is -0.725. The summed E-state index contributed by atoms with van der Waals surface area (Å²) in [6, 6.07) is 14.7. The molecule has 15 nitrogen and oxygen atoms in total. The van der Waals surface area contributed by atoms with Crippen molar-refractivity contribution < 1.29 is 42.9 Å². The molecule has 5 unspecified atom stereocenters. The second kappa shape index (κ2) is 25.1. The lowest BCUT2D eigenvalue weighted by Crippen LogP contribution is -2.40. The van der Waals surface area contributed by atoms with Gasteiger partial charge in [-0.25, -0.2) is 4.68 Å². The molecule has 0 saturated carbocycles. The lowest BCUT2D eigenvalue weighted by molar-refractivity contribution is -0.140. The van der Waals surface area contributed by atoms with Crippen LogP contribution in [0.25, 0.3) is 22.5 Å². The van der Waals surface area contributed by atoms with Gasteiger partial charge in [-0.3, -0.25) is 14.4 Å². The Kier molecular flexibility index (Phi) is 20.4. The first-order chi connectivity index (χ1) is 28.4. The predicted molar refractivity (Wildman–Crippen MR) is 229 cm³/mol. The number of para-hydroxylation sites is 1. The molecule has 5 atom stereocenters. The van der Waals surface area contributed by atoms with Gasteiger partial charge < -0.3 is 44.1 Å². The van der Waals surface area contributed by atoms with E-state index in [0.29, 0.717) is 52.0 Å². The highest BCUT2D eigenvalue weighted by Crippen LogP contribution is 2.41. The van der Waals surface area contributed by atoms with Crippen LogP contribution < -0.4 is 15.5 Å². The summed E-state index contributed by atoms with van der Waals surface area (Å²) in [5.41, 5.74) is 5.22. The van der Waals surface area contributed by atoms with E-state index in [2.05, 4.69) is 20.9 Å². The molecule has 5 rings (SSSR count). The average molecular weight is 837 g/mol. The first kappa shape index (κ1) is 47.9. The van der Waals surface area contributed by atoms with Crippen LogP contribution in [-0.4, -0.2) is 107 Å². The molecule has 0 spiro atoms. The fraction of sp³-hybridized carbons (Fsp3) is 0.595. The highest BCUT2D eigenvalue weighted by molar-refractivity contribution is 7.40. The standard InChI is InChI=1S/C24H27N5O3.C18H35BNO6P/c1-16(2)25-20(24(31)32)11-7-13-29-23-18-9-4-3-8-17(18)14-28(15-30)21-12-6-5-10-19(21)22(23)26-27-29;1-4-9-18(21)20-10-7-5-6-8-11-24-27(22)26-15-12-17(19)25-16(15)13-23-14(2)3/h3-6,8-10,12,15-16,20,25H,7,11,13-14H2,1-2H3,(H,31,32);14-17,22H,4-13H2,1-3H3,(H,20,21). The number of carboxylic acids is 1. The number of hydrogen-bond acceptors (Lipinski definition) is 11. The Bertz CT molecular complexity index is 1750. The number of aryl methyl sites for hydroxylation is 1. The second-order valence-electron chi connectivity index (χ2n) is 15.3. The van der Waals surface area contributed by atoms with Gasteiger partial charge in [0.1, 0.15) is 25.7 Å². The number of rotatable bonds is 23. The summed E-state index contributed by atoms with van der Waals surface area (Å²) >= 11 is 0. The van der Waals surface area contributed by atoms with Crippen LogP contribution in [0.5, 0.6) is 0 Å². The number of aromatic nitrogens is 3. The van der Waals surface area contributed by atoms with E-state index in [-0.39, 0.29) is 30.3 Å². The molecule has 17 heteroatoms. The monoisotopic (exact) mass is 836 g/mol. The number of carbonyl (C=O) groups is 3. The van der Waals surface area contributed by atoms with Gasteiger partial charge in [0.05, 0.1) is 43.3 Å². The normalized spacial score (nSPS) is 18.2. The molecule has 2 amide bonds. The highest BCUT2D eigenvalue weighted by atomic mass is 31.2. The molecule has 322 valence electrons. The van der Waals surface area contributed by atoms with Gasteiger partial charge in [0, 0.05) is 42.7 Å². The van der Waals surface area contributed by atoms with Crippen molar-refractivity contribution in [2.24, 2.45) is 0 Å². The zero-order chi connectivity index (χ0) is 42.7. The van der Waals surface area contributed by atoms with Crippen molar-refractivity contribution in [1.29, 1.82) is 0 Å².